The van der Waals surface area contributed by atoms with E-state index in [1.807, 2.05) is 35.7 Å². The van der Waals surface area contributed by atoms with Crippen molar-refractivity contribution in [1.82, 2.24) is 14.9 Å². The highest BCUT2D eigenvalue weighted by Crippen LogP contribution is 2.39. The van der Waals surface area contributed by atoms with E-state index in [1.165, 1.54) is 11.3 Å². The molecule has 4 aromatic rings. The molecule has 4 heterocycles. The molecule has 1 aliphatic rings. The van der Waals surface area contributed by atoms with Crippen LogP contribution in [0.1, 0.15) is 30.3 Å². The number of nitrogens with zero attached hydrogens (tertiary/aromatic N) is 2. The number of aromatic amines is 1. The summed E-state index contributed by atoms with van der Waals surface area (Å²) in [5, 5.41) is 2.51. The molecule has 0 aliphatic carbocycles. The Morgan fingerprint density at radius 3 is 2.97 bits per heavy atom. The van der Waals surface area contributed by atoms with Crippen molar-refractivity contribution in [3.05, 3.63) is 63.7 Å². The van der Waals surface area contributed by atoms with Gasteiger partial charge in [-0.1, -0.05) is 0 Å². The fourth-order valence-electron chi connectivity index (χ4n) is 4.34. The average Bonchev–Trinajstić information content (AvgIpc) is 3.53. The predicted octanol–water partition coefficient (Wildman–Crippen LogP) is 4.60. The summed E-state index contributed by atoms with van der Waals surface area (Å²) in [6.07, 6.45) is 3.69. The first-order valence-electron chi connectivity index (χ1n) is 10.2. The van der Waals surface area contributed by atoms with Crippen molar-refractivity contribution in [3.63, 3.8) is 0 Å². The number of methoxy groups -OCH3 is 2. The SMILES string of the molecule is COc1ccc(OC)c([C@@H]2CCCN2Cc2nc3scc(-c4ccco4)c3c(=O)[nH]2)c1. The highest BCUT2D eigenvalue weighted by Gasteiger charge is 2.29. The van der Waals surface area contributed by atoms with Gasteiger partial charge in [0, 0.05) is 22.5 Å². The van der Waals surface area contributed by atoms with Gasteiger partial charge in [-0.3, -0.25) is 9.69 Å². The third-order valence-electron chi connectivity index (χ3n) is 5.79. The van der Waals surface area contributed by atoms with Gasteiger partial charge < -0.3 is 18.9 Å². The van der Waals surface area contributed by atoms with Crippen LogP contribution in [0, 0.1) is 0 Å². The van der Waals surface area contributed by atoms with Crippen molar-refractivity contribution >= 4 is 21.6 Å². The molecule has 0 radical (unpaired) electrons. The van der Waals surface area contributed by atoms with E-state index >= 15 is 0 Å². The van der Waals surface area contributed by atoms with Gasteiger partial charge in [0.25, 0.3) is 5.56 Å². The molecule has 0 saturated carbocycles. The highest BCUT2D eigenvalue weighted by molar-refractivity contribution is 7.17. The maximum Gasteiger partial charge on any atom is 0.260 e. The van der Waals surface area contributed by atoms with Gasteiger partial charge in [0.2, 0.25) is 0 Å². The smallest absolute Gasteiger partial charge is 0.260 e. The molecule has 0 bridgehead atoms. The summed E-state index contributed by atoms with van der Waals surface area (Å²) in [6.45, 7) is 1.49. The molecule has 8 heteroatoms. The Balaban J connectivity index is 1.46. The topological polar surface area (TPSA) is 80.6 Å². The lowest BCUT2D eigenvalue weighted by Crippen LogP contribution is -2.26. The zero-order valence-electron chi connectivity index (χ0n) is 17.4. The molecule has 5 rings (SSSR count). The first kappa shape index (κ1) is 19.8. The van der Waals surface area contributed by atoms with Gasteiger partial charge in [0.1, 0.15) is 27.9 Å². The quantitative estimate of drug-likeness (QED) is 0.475. The van der Waals surface area contributed by atoms with Crippen LogP contribution in [0.4, 0.5) is 0 Å². The number of rotatable bonds is 6. The van der Waals surface area contributed by atoms with Crippen molar-refractivity contribution in [2.45, 2.75) is 25.4 Å². The summed E-state index contributed by atoms with van der Waals surface area (Å²) in [4.78, 5) is 23.7. The summed E-state index contributed by atoms with van der Waals surface area (Å²) in [6, 6.07) is 9.73. The minimum atomic E-state index is -0.137. The Kier molecular flexibility index (Phi) is 5.25. The van der Waals surface area contributed by atoms with Crippen molar-refractivity contribution in [1.29, 1.82) is 0 Å². The largest absolute Gasteiger partial charge is 0.497 e. The molecule has 31 heavy (non-hydrogen) atoms. The number of ether oxygens (including phenoxy) is 2. The molecule has 1 aliphatic heterocycles. The number of hydrogen-bond donors (Lipinski definition) is 1. The minimum absolute atomic E-state index is 0.137. The van der Waals surface area contributed by atoms with Crippen LogP contribution in [0.3, 0.4) is 0 Å². The number of benzene rings is 1. The lowest BCUT2D eigenvalue weighted by Gasteiger charge is -2.26. The molecule has 7 nitrogen and oxygen atoms in total. The van der Waals surface area contributed by atoms with E-state index in [1.54, 1.807) is 20.5 Å². The molecule has 1 N–H and O–H groups in total. The maximum atomic E-state index is 12.9. The van der Waals surface area contributed by atoms with Crippen LogP contribution in [0.15, 0.2) is 51.2 Å². The molecular weight excluding hydrogens is 414 g/mol. The monoisotopic (exact) mass is 437 g/mol. The number of thiophene rings is 1. The minimum Gasteiger partial charge on any atom is -0.497 e. The number of likely N-dealkylation sites (tertiary alicyclic amines) is 1. The fourth-order valence-corrected chi connectivity index (χ4v) is 5.29. The van der Waals surface area contributed by atoms with E-state index < -0.39 is 0 Å². The molecule has 1 atom stereocenters. The number of aromatic nitrogens is 2. The van der Waals surface area contributed by atoms with Crippen LogP contribution in [0.25, 0.3) is 21.5 Å². The van der Waals surface area contributed by atoms with E-state index in [4.69, 9.17) is 18.9 Å². The maximum absolute atomic E-state index is 12.9. The molecule has 1 aromatic carbocycles. The van der Waals surface area contributed by atoms with E-state index in [0.29, 0.717) is 23.5 Å². The number of furan rings is 1. The van der Waals surface area contributed by atoms with Gasteiger partial charge in [0.15, 0.2) is 0 Å². The Morgan fingerprint density at radius 2 is 2.19 bits per heavy atom. The van der Waals surface area contributed by atoms with E-state index in [-0.39, 0.29) is 11.6 Å². The third kappa shape index (κ3) is 3.62. The Hall–Kier alpha value is -3.10. The molecule has 0 spiro atoms. The van der Waals surface area contributed by atoms with Crippen molar-refractivity contribution < 1.29 is 13.9 Å². The van der Waals surface area contributed by atoms with Gasteiger partial charge in [-0.2, -0.15) is 0 Å². The van der Waals surface area contributed by atoms with Gasteiger partial charge in [0.05, 0.1) is 32.4 Å². The van der Waals surface area contributed by atoms with Crippen LogP contribution in [0.5, 0.6) is 11.5 Å². The third-order valence-corrected chi connectivity index (χ3v) is 6.66. The van der Waals surface area contributed by atoms with Crippen molar-refractivity contribution in [2.24, 2.45) is 0 Å². The van der Waals surface area contributed by atoms with Crippen LogP contribution in [0.2, 0.25) is 0 Å². The normalized spacial score (nSPS) is 16.8. The molecule has 1 fully saturated rings. The molecule has 0 amide bonds. The zero-order valence-corrected chi connectivity index (χ0v) is 18.2. The van der Waals surface area contributed by atoms with Gasteiger partial charge in [-0.15, -0.1) is 11.3 Å². The summed E-state index contributed by atoms with van der Waals surface area (Å²) in [5.41, 5.74) is 1.74. The lowest BCUT2D eigenvalue weighted by atomic mass is 10.0. The van der Waals surface area contributed by atoms with Crippen LogP contribution >= 0.6 is 11.3 Å². The summed E-state index contributed by atoms with van der Waals surface area (Å²) < 4.78 is 16.5. The van der Waals surface area contributed by atoms with Gasteiger partial charge in [-0.25, -0.2) is 4.98 Å². The van der Waals surface area contributed by atoms with Crippen LogP contribution < -0.4 is 15.0 Å². The number of H-pyrrole nitrogens is 1. The molecular formula is C23H23N3O4S. The molecule has 0 unspecified atom stereocenters. The Labute approximate surface area is 183 Å². The lowest BCUT2D eigenvalue weighted by molar-refractivity contribution is 0.236. The van der Waals surface area contributed by atoms with Crippen molar-refractivity contribution in [2.75, 3.05) is 20.8 Å². The van der Waals surface area contributed by atoms with E-state index in [0.717, 1.165) is 46.8 Å². The Morgan fingerprint density at radius 1 is 1.29 bits per heavy atom. The zero-order chi connectivity index (χ0) is 21.4. The highest BCUT2D eigenvalue weighted by atomic mass is 32.1. The van der Waals surface area contributed by atoms with Gasteiger partial charge >= 0.3 is 0 Å². The summed E-state index contributed by atoms with van der Waals surface area (Å²) in [7, 11) is 3.35. The number of hydrogen-bond acceptors (Lipinski definition) is 7. The second-order valence-electron chi connectivity index (χ2n) is 7.56. The van der Waals surface area contributed by atoms with E-state index in [2.05, 4.69) is 9.88 Å². The predicted molar refractivity (Wildman–Crippen MR) is 120 cm³/mol. The first-order valence-corrected chi connectivity index (χ1v) is 11.1. The second kappa shape index (κ2) is 8.20. The van der Waals surface area contributed by atoms with Gasteiger partial charge in [-0.05, 0) is 49.7 Å². The standard InChI is InChI=1S/C23H23N3O4S/c1-28-14-7-8-18(29-2)15(11-14)17-5-3-9-26(17)12-20-24-22(27)21-16(13-31-23(21)25-20)19-6-4-10-30-19/h4,6-8,10-11,13,17H,3,5,9,12H2,1-2H3,(H,24,25,27)/t17-/m0/s1. The molecule has 1 saturated heterocycles. The first-order chi connectivity index (χ1) is 15.2. The average molecular weight is 438 g/mol. The molecule has 160 valence electrons. The number of nitrogens with one attached hydrogen (secondary N) is 1. The summed E-state index contributed by atoms with van der Waals surface area (Å²) >= 11 is 1.46. The second-order valence-corrected chi connectivity index (χ2v) is 8.41. The number of fused-ring (bicyclic) bond motifs is 1. The van der Waals surface area contributed by atoms with E-state index in [9.17, 15) is 4.79 Å². The Bertz CT molecular complexity index is 1260. The van der Waals surface area contributed by atoms with Crippen LogP contribution in [-0.4, -0.2) is 35.6 Å². The summed E-state index contributed by atoms with van der Waals surface area (Å²) in [5.74, 6) is 2.99. The van der Waals surface area contributed by atoms with Crippen LogP contribution in [-0.2, 0) is 6.54 Å². The van der Waals surface area contributed by atoms with Crippen molar-refractivity contribution in [3.8, 4) is 22.8 Å². The molecule has 3 aromatic heterocycles. The fraction of sp³-hybridized carbons (Fsp3) is 0.304.